The number of aryl methyl sites for hydroxylation is 1. The number of para-hydroxylation sites is 1. The van der Waals surface area contributed by atoms with Crippen molar-refractivity contribution in [2.45, 2.75) is 13.5 Å². The van der Waals surface area contributed by atoms with Crippen molar-refractivity contribution >= 4 is 22.4 Å². The van der Waals surface area contributed by atoms with Crippen molar-refractivity contribution in [3.63, 3.8) is 0 Å². The van der Waals surface area contributed by atoms with Gasteiger partial charge in [-0.1, -0.05) is 18.2 Å². The molecule has 7 nitrogen and oxygen atoms in total. The minimum atomic E-state index is 0.517. The summed E-state index contributed by atoms with van der Waals surface area (Å²) in [5.74, 6) is 1.45. The highest BCUT2D eigenvalue weighted by atomic mass is 15.3. The molecule has 0 aliphatic carbocycles. The molecule has 0 atom stereocenters. The number of pyridine rings is 1. The van der Waals surface area contributed by atoms with E-state index in [0.717, 1.165) is 54.3 Å². The van der Waals surface area contributed by atoms with Crippen LogP contribution in [0.15, 0.2) is 36.5 Å². The lowest BCUT2D eigenvalue weighted by Crippen LogP contribution is -2.45. The van der Waals surface area contributed by atoms with E-state index in [9.17, 15) is 5.26 Å². The largest absolute Gasteiger partial charge is 0.367 e. The summed E-state index contributed by atoms with van der Waals surface area (Å²) in [5.41, 5.74) is 3.29. The van der Waals surface area contributed by atoms with Crippen molar-refractivity contribution in [1.82, 2.24) is 19.9 Å². The zero-order valence-corrected chi connectivity index (χ0v) is 17.1. The van der Waals surface area contributed by atoms with Gasteiger partial charge in [-0.25, -0.2) is 9.97 Å². The molecule has 0 spiro atoms. The third kappa shape index (κ3) is 3.84. The second-order valence-corrected chi connectivity index (χ2v) is 7.53. The third-order valence-electron chi connectivity index (χ3n) is 5.40. The number of nitriles is 1. The van der Waals surface area contributed by atoms with Gasteiger partial charge in [-0.3, -0.25) is 4.98 Å². The second-order valence-electron chi connectivity index (χ2n) is 7.53. The highest BCUT2D eigenvalue weighted by molar-refractivity contribution is 5.90. The lowest BCUT2D eigenvalue weighted by atomic mass is 10.1. The smallest absolute Gasteiger partial charge is 0.150 e. The Balaban J connectivity index is 1.69. The first kappa shape index (κ1) is 19.1. The topological polar surface area (TPSA) is 72.2 Å². The maximum Gasteiger partial charge on any atom is 0.150 e. The number of fused-ring (bicyclic) bond motifs is 1. The van der Waals surface area contributed by atoms with Gasteiger partial charge in [-0.15, -0.1) is 0 Å². The molecule has 0 bridgehead atoms. The summed E-state index contributed by atoms with van der Waals surface area (Å²) >= 11 is 0. The summed E-state index contributed by atoms with van der Waals surface area (Å²) in [7, 11) is 4.13. The molecule has 0 saturated carbocycles. The van der Waals surface area contributed by atoms with Crippen LogP contribution in [0.4, 0.5) is 11.5 Å². The average Bonchev–Trinajstić information content (AvgIpc) is 2.73. The van der Waals surface area contributed by atoms with Crippen LogP contribution in [-0.4, -0.2) is 60.1 Å². The van der Waals surface area contributed by atoms with Gasteiger partial charge in [0.2, 0.25) is 0 Å². The number of anilines is 2. The summed E-state index contributed by atoms with van der Waals surface area (Å²) in [6.07, 6.45) is 1.81. The maximum atomic E-state index is 9.93. The van der Waals surface area contributed by atoms with Gasteiger partial charge in [0.05, 0.1) is 23.4 Å². The molecule has 148 valence electrons. The number of hydrogen-bond acceptors (Lipinski definition) is 7. The standard InChI is InChI=1S/C22H25N7/c1-16-25-19(18(14-23)22(26-16)29-12-10-27(2)11-13-29)15-28(3)20-8-4-6-17-7-5-9-24-21(17)20/h4-9H,10-13,15H2,1-3H3. The Kier molecular flexibility index (Phi) is 5.28. The SMILES string of the molecule is Cc1nc(CN(C)c2cccc3cccnc23)c(C#N)c(N2CCN(C)CC2)n1. The Bertz CT molecular complexity index is 1060. The fourth-order valence-electron chi connectivity index (χ4n) is 3.80. The number of benzene rings is 1. The molecular formula is C22H25N7. The van der Waals surface area contributed by atoms with Crippen LogP contribution in [0.2, 0.25) is 0 Å². The fraction of sp³-hybridized carbons (Fsp3) is 0.364. The first-order chi connectivity index (χ1) is 14.1. The van der Waals surface area contributed by atoms with Crippen molar-refractivity contribution in [2.24, 2.45) is 0 Å². The van der Waals surface area contributed by atoms with Crippen molar-refractivity contribution in [3.05, 3.63) is 53.6 Å². The molecular weight excluding hydrogens is 362 g/mol. The third-order valence-corrected chi connectivity index (χ3v) is 5.40. The fourth-order valence-corrected chi connectivity index (χ4v) is 3.80. The first-order valence-electron chi connectivity index (χ1n) is 9.83. The number of aromatic nitrogens is 3. The monoisotopic (exact) mass is 387 g/mol. The average molecular weight is 387 g/mol. The number of likely N-dealkylation sites (N-methyl/N-ethyl adjacent to an activating group) is 1. The molecule has 0 unspecified atom stereocenters. The highest BCUT2D eigenvalue weighted by Gasteiger charge is 2.22. The molecule has 4 rings (SSSR count). The predicted molar refractivity (Wildman–Crippen MR) is 115 cm³/mol. The Morgan fingerprint density at radius 1 is 1.10 bits per heavy atom. The minimum Gasteiger partial charge on any atom is -0.367 e. The highest BCUT2D eigenvalue weighted by Crippen LogP contribution is 2.27. The van der Waals surface area contributed by atoms with E-state index in [1.807, 2.05) is 26.1 Å². The summed E-state index contributed by atoms with van der Waals surface area (Å²) in [6.45, 7) is 6.07. The number of hydrogen-bond donors (Lipinski definition) is 0. The molecule has 2 aromatic heterocycles. The molecule has 29 heavy (non-hydrogen) atoms. The normalized spacial score (nSPS) is 14.8. The first-order valence-corrected chi connectivity index (χ1v) is 9.83. The van der Waals surface area contributed by atoms with Gasteiger partial charge in [0.25, 0.3) is 0 Å². The summed E-state index contributed by atoms with van der Waals surface area (Å²) in [5, 5.41) is 11.0. The Labute approximate surface area is 171 Å². The molecule has 0 N–H and O–H groups in total. The maximum absolute atomic E-state index is 9.93. The molecule has 0 amide bonds. The van der Waals surface area contributed by atoms with Gasteiger partial charge >= 0.3 is 0 Å². The Morgan fingerprint density at radius 2 is 1.86 bits per heavy atom. The van der Waals surface area contributed by atoms with Crippen molar-refractivity contribution < 1.29 is 0 Å². The van der Waals surface area contributed by atoms with Crippen LogP contribution >= 0.6 is 0 Å². The molecule has 7 heteroatoms. The van der Waals surface area contributed by atoms with Crippen molar-refractivity contribution in [1.29, 1.82) is 5.26 Å². The summed E-state index contributed by atoms with van der Waals surface area (Å²) in [4.78, 5) is 20.4. The molecule has 3 heterocycles. The van der Waals surface area contributed by atoms with E-state index in [1.54, 1.807) is 6.20 Å². The van der Waals surface area contributed by atoms with Gasteiger partial charge in [0, 0.05) is 44.8 Å². The molecule has 1 aliphatic rings. The van der Waals surface area contributed by atoms with E-state index in [1.165, 1.54) is 0 Å². The summed E-state index contributed by atoms with van der Waals surface area (Å²) < 4.78 is 0. The van der Waals surface area contributed by atoms with Gasteiger partial charge in [0.15, 0.2) is 5.82 Å². The molecule has 1 aliphatic heterocycles. The summed E-state index contributed by atoms with van der Waals surface area (Å²) in [6, 6.07) is 12.5. The minimum absolute atomic E-state index is 0.517. The lowest BCUT2D eigenvalue weighted by molar-refractivity contribution is 0.312. The van der Waals surface area contributed by atoms with Gasteiger partial charge < -0.3 is 14.7 Å². The van der Waals surface area contributed by atoms with Crippen LogP contribution in [-0.2, 0) is 6.54 Å². The number of piperazine rings is 1. The molecule has 1 fully saturated rings. The van der Waals surface area contributed by atoms with Gasteiger partial charge in [0.1, 0.15) is 17.5 Å². The Hall–Kier alpha value is -3.24. The van der Waals surface area contributed by atoms with Gasteiger partial charge in [-0.2, -0.15) is 5.26 Å². The van der Waals surface area contributed by atoms with Crippen LogP contribution in [0.25, 0.3) is 10.9 Å². The zero-order chi connectivity index (χ0) is 20.4. The van der Waals surface area contributed by atoms with E-state index < -0.39 is 0 Å². The van der Waals surface area contributed by atoms with E-state index in [4.69, 9.17) is 0 Å². The lowest BCUT2D eigenvalue weighted by Gasteiger charge is -2.34. The van der Waals surface area contributed by atoms with Crippen LogP contribution in [0.5, 0.6) is 0 Å². The molecule has 3 aromatic rings. The molecule has 0 radical (unpaired) electrons. The van der Waals surface area contributed by atoms with Crippen LogP contribution < -0.4 is 9.80 Å². The van der Waals surface area contributed by atoms with E-state index in [0.29, 0.717) is 17.9 Å². The van der Waals surface area contributed by atoms with Crippen LogP contribution in [0, 0.1) is 18.3 Å². The van der Waals surface area contributed by atoms with Crippen molar-refractivity contribution in [2.75, 3.05) is 50.1 Å². The van der Waals surface area contributed by atoms with Crippen LogP contribution in [0.1, 0.15) is 17.1 Å². The zero-order valence-electron chi connectivity index (χ0n) is 17.1. The van der Waals surface area contributed by atoms with Gasteiger partial charge in [-0.05, 0) is 26.1 Å². The predicted octanol–water partition coefficient (Wildman–Crippen LogP) is 2.59. The molecule has 1 aromatic carbocycles. The van der Waals surface area contributed by atoms with Crippen LogP contribution in [0.3, 0.4) is 0 Å². The number of nitrogens with zero attached hydrogens (tertiary/aromatic N) is 7. The second kappa shape index (κ2) is 8.02. The Morgan fingerprint density at radius 3 is 2.62 bits per heavy atom. The number of rotatable bonds is 4. The van der Waals surface area contributed by atoms with E-state index in [-0.39, 0.29) is 0 Å². The van der Waals surface area contributed by atoms with E-state index >= 15 is 0 Å². The van der Waals surface area contributed by atoms with E-state index in [2.05, 4.69) is 61.0 Å². The molecule has 1 saturated heterocycles. The van der Waals surface area contributed by atoms with Crippen molar-refractivity contribution in [3.8, 4) is 6.07 Å². The quantitative estimate of drug-likeness (QED) is 0.681.